The first-order chi connectivity index (χ1) is 11.0. The molecule has 2 aromatic rings. The van der Waals surface area contributed by atoms with Gasteiger partial charge in [-0.3, -0.25) is 14.9 Å². The zero-order chi connectivity index (χ0) is 16.8. The van der Waals surface area contributed by atoms with Crippen LogP contribution in [0.3, 0.4) is 0 Å². The van der Waals surface area contributed by atoms with E-state index in [2.05, 4.69) is 5.32 Å². The molecule has 0 fully saturated rings. The van der Waals surface area contributed by atoms with Gasteiger partial charge in [-0.2, -0.15) is 0 Å². The van der Waals surface area contributed by atoms with Crippen molar-refractivity contribution in [2.45, 2.75) is 26.4 Å². The molecule has 1 amide bonds. The highest BCUT2D eigenvalue weighted by molar-refractivity contribution is 5.94. The van der Waals surface area contributed by atoms with Crippen LogP contribution in [0.4, 0.5) is 11.4 Å². The Morgan fingerprint density at radius 1 is 1.22 bits per heavy atom. The number of hydrogen-bond donors (Lipinski definition) is 1. The number of hydrogen-bond acceptors (Lipinski definition) is 4. The molecule has 0 heterocycles. The first kappa shape index (κ1) is 16.5. The van der Waals surface area contributed by atoms with Gasteiger partial charge in [-0.05, 0) is 37.1 Å². The average Bonchev–Trinajstić information content (AvgIpc) is 2.54. The van der Waals surface area contributed by atoms with Crippen LogP contribution in [0.5, 0.6) is 5.75 Å². The number of anilines is 1. The number of nitrogens with zero attached hydrogens (tertiary/aromatic N) is 1. The van der Waals surface area contributed by atoms with Crippen LogP contribution in [0.1, 0.15) is 18.9 Å². The number of non-ortho nitro benzene ring substituents is 1. The van der Waals surface area contributed by atoms with E-state index in [4.69, 9.17) is 4.74 Å². The molecule has 1 atom stereocenters. The Bertz CT molecular complexity index is 698. The summed E-state index contributed by atoms with van der Waals surface area (Å²) in [5, 5.41) is 13.3. The molecule has 0 spiro atoms. The van der Waals surface area contributed by atoms with E-state index in [1.54, 1.807) is 0 Å². The number of nitro groups is 1. The summed E-state index contributed by atoms with van der Waals surface area (Å²) in [6.45, 7) is 3.77. The van der Waals surface area contributed by atoms with Crippen molar-refractivity contribution in [2.24, 2.45) is 0 Å². The number of nitrogens with one attached hydrogen (secondary N) is 1. The van der Waals surface area contributed by atoms with Crippen molar-refractivity contribution >= 4 is 17.3 Å². The zero-order valence-electron chi connectivity index (χ0n) is 13.0. The maximum atomic E-state index is 12.3. The first-order valence-corrected chi connectivity index (χ1v) is 7.29. The monoisotopic (exact) mass is 314 g/mol. The van der Waals surface area contributed by atoms with Gasteiger partial charge in [0.05, 0.1) is 4.92 Å². The predicted octanol–water partition coefficient (Wildman–Crippen LogP) is 3.70. The lowest BCUT2D eigenvalue weighted by Gasteiger charge is -2.18. The van der Waals surface area contributed by atoms with Crippen LogP contribution in [0.2, 0.25) is 0 Å². The van der Waals surface area contributed by atoms with Gasteiger partial charge in [0, 0.05) is 17.8 Å². The van der Waals surface area contributed by atoms with Gasteiger partial charge >= 0.3 is 0 Å². The molecule has 0 aliphatic carbocycles. The second-order valence-electron chi connectivity index (χ2n) is 5.07. The van der Waals surface area contributed by atoms with E-state index in [1.807, 2.05) is 38.1 Å². The summed E-state index contributed by atoms with van der Waals surface area (Å²) >= 11 is 0. The molecular formula is C17H18N2O4. The molecule has 0 saturated carbocycles. The quantitative estimate of drug-likeness (QED) is 0.651. The van der Waals surface area contributed by atoms with E-state index < -0.39 is 11.0 Å². The summed E-state index contributed by atoms with van der Waals surface area (Å²) in [4.78, 5) is 22.4. The Kier molecular flexibility index (Phi) is 5.30. The molecule has 2 aromatic carbocycles. The molecule has 0 bridgehead atoms. The maximum Gasteiger partial charge on any atom is 0.269 e. The van der Waals surface area contributed by atoms with E-state index in [9.17, 15) is 14.9 Å². The molecule has 1 N–H and O–H groups in total. The van der Waals surface area contributed by atoms with Gasteiger partial charge in [0.1, 0.15) is 5.75 Å². The molecule has 0 aromatic heterocycles. The molecule has 23 heavy (non-hydrogen) atoms. The normalized spacial score (nSPS) is 11.6. The number of amides is 1. The predicted molar refractivity (Wildman–Crippen MR) is 87.6 cm³/mol. The smallest absolute Gasteiger partial charge is 0.269 e. The summed E-state index contributed by atoms with van der Waals surface area (Å²) in [5.74, 6) is 0.378. The number of carbonyl (C=O) groups excluding carboxylic acids is 1. The summed E-state index contributed by atoms with van der Waals surface area (Å²) in [6.07, 6.45) is -0.126. The number of rotatable bonds is 6. The van der Waals surface area contributed by atoms with Crippen molar-refractivity contribution in [3.05, 3.63) is 64.2 Å². The van der Waals surface area contributed by atoms with Gasteiger partial charge in [-0.15, -0.1) is 0 Å². The van der Waals surface area contributed by atoms with Gasteiger partial charge in [0.25, 0.3) is 11.6 Å². The van der Waals surface area contributed by atoms with Gasteiger partial charge in [0.2, 0.25) is 0 Å². The van der Waals surface area contributed by atoms with Gasteiger partial charge in [-0.25, -0.2) is 0 Å². The second kappa shape index (κ2) is 7.40. The minimum atomic E-state index is -0.633. The molecule has 0 saturated heterocycles. The molecule has 120 valence electrons. The molecule has 0 aliphatic heterocycles. The van der Waals surface area contributed by atoms with Crippen LogP contribution in [0.25, 0.3) is 0 Å². The third-order valence-electron chi connectivity index (χ3n) is 3.37. The van der Waals surface area contributed by atoms with Gasteiger partial charge in [-0.1, -0.05) is 25.1 Å². The maximum absolute atomic E-state index is 12.3. The van der Waals surface area contributed by atoms with Crippen LogP contribution < -0.4 is 10.1 Å². The molecule has 1 unspecified atom stereocenters. The van der Waals surface area contributed by atoms with Crippen molar-refractivity contribution in [1.29, 1.82) is 0 Å². The van der Waals surface area contributed by atoms with E-state index in [0.717, 1.165) is 5.56 Å². The van der Waals surface area contributed by atoms with Crippen LogP contribution >= 0.6 is 0 Å². The highest BCUT2D eigenvalue weighted by atomic mass is 16.6. The van der Waals surface area contributed by atoms with Crippen molar-refractivity contribution in [3.8, 4) is 5.75 Å². The summed E-state index contributed by atoms with van der Waals surface area (Å²) in [7, 11) is 0. The van der Waals surface area contributed by atoms with Crippen molar-refractivity contribution in [1.82, 2.24) is 0 Å². The van der Waals surface area contributed by atoms with E-state index in [1.165, 1.54) is 24.3 Å². The lowest BCUT2D eigenvalue weighted by molar-refractivity contribution is -0.384. The summed E-state index contributed by atoms with van der Waals surface area (Å²) in [6, 6.07) is 13.2. The van der Waals surface area contributed by atoms with Crippen LogP contribution in [-0.2, 0) is 4.79 Å². The third-order valence-corrected chi connectivity index (χ3v) is 3.37. The van der Waals surface area contributed by atoms with Crippen LogP contribution in [0.15, 0.2) is 48.5 Å². The fourth-order valence-corrected chi connectivity index (χ4v) is 2.05. The zero-order valence-corrected chi connectivity index (χ0v) is 13.0. The highest BCUT2D eigenvalue weighted by Crippen LogP contribution is 2.20. The standard InChI is InChI=1S/C17H18N2O4/c1-3-15(23-16-7-5-4-6-12(16)2)17(20)18-13-8-10-14(11-9-13)19(21)22/h4-11,15H,3H2,1-2H3,(H,18,20). The Labute approximate surface area is 134 Å². The fraction of sp³-hybridized carbons (Fsp3) is 0.235. The summed E-state index contributed by atoms with van der Waals surface area (Å²) in [5.41, 5.74) is 1.42. The van der Waals surface area contributed by atoms with Crippen molar-refractivity contribution in [2.75, 3.05) is 5.32 Å². The van der Waals surface area contributed by atoms with Gasteiger partial charge in [0.15, 0.2) is 6.10 Å². The Balaban J connectivity index is 2.05. The molecular weight excluding hydrogens is 296 g/mol. The molecule has 6 nitrogen and oxygen atoms in total. The Hall–Kier alpha value is -2.89. The topological polar surface area (TPSA) is 81.5 Å². The van der Waals surface area contributed by atoms with E-state index >= 15 is 0 Å². The second-order valence-corrected chi connectivity index (χ2v) is 5.07. The van der Waals surface area contributed by atoms with Gasteiger partial charge < -0.3 is 10.1 Å². The van der Waals surface area contributed by atoms with E-state index in [0.29, 0.717) is 17.9 Å². The Morgan fingerprint density at radius 2 is 1.87 bits per heavy atom. The number of para-hydroxylation sites is 1. The number of aryl methyl sites for hydroxylation is 1. The largest absolute Gasteiger partial charge is 0.480 e. The van der Waals surface area contributed by atoms with Crippen molar-refractivity contribution < 1.29 is 14.5 Å². The lowest BCUT2D eigenvalue weighted by Crippen LogP contribution is -2.32. The first-order valence-electron chi connectivity index (χ1n) is 7.29. The number of benzene rings is 2. The fourth-order valence-electron chi connectivity index (χ4n) is 2.05. The molecule has 0 radical (unpaired) electrons. The minimum Gasteiger partial charge on any atom is -0.480 e. The minimum absolute atomic E-state index is 0.0220. The number of carbonyl (C=O) groups is 1. The number of nitro benzene ring substituents is 1. The Morgan fingerprint density at radius 3 is 2.43 bits per heavy atom. The lowest BCUT2D eigenvalue weighted by atomic mass is 10.2. The summed E-state index contributed by atoms with van der Waals surface area (Å²) < 4.78 is 5.77. The molecule has 0 aliphatic rings. The van der Waals surface area contributed by atoms with E-state index in [-0.39, 0.29) is 11.6 Å². The van der Waals surface area contributed by atoms with Crippen molar-refractivity contribution in [3.63, 3.8) is 0 Å². The molecule has 2 rings (SSSR count). The van der Waals surface area contributed by atoms with Crippen LogP contribution in [0, 0.1) is 17.0 Å². The number of ether oxygens (including phenoxy) is 1. The third kappa shape index (κ3) is 4.29. The SMILES string of the molecule is CCC(Oc1ccccc1C)C(=O)Nc1ccc([N+](=O)[O-])cc1. The van der Waals surface area contributed by atoms with Crippen LogP contribution in [-0.4, -0.2) is 16.9 Å². The highest BCUT2D eigenvalue weighted by Gasteiger charge is 2.19. The average molecular weight is 314 g/mol. The molecule has 6 heteroatoms.